The highest BCUT2D eigenvalue weighted by molar-refractivity contribution is 5.72. The minimum Gasteiger partial charge on any atom is -0.504 e. The topological polar surface area (TPSA) is 55.8 Å². The van der Waals surface area contributed by atoms with Crippen LogP contribution in [0.5, 0.6) is 11.5 Å². The summed E-state index contributed by atoms with van der Waals surface area (Å²) in [5, 5.41) is 9.42. The lowest BCUT2D eigenvalue weighted by atomic mass is 10.1. The summed E-state index contributed by atoms with van der Waals surface area (Å²) >= 11 is 0. The van der Waals surface area contributed by atoms with Crippen LogP contribution >= 0.6 is 0 Å². The number of phenolic OH excluding ortho intramolecular Hbond substituents is 1. The van der Waals surface area contributed by atoms with Gasteiger partial charge in [0.05, 0.1) is 20.1 Å². The zero-order valence-corrected chi connectivity index (χ0v) is 8.82. The molecule has 4 heteroatoms. The van der Waals surface area contributed by atoms with E-state index in [9.17, 15) is 9.90 Å². The van der Waals surface area contributed by atoms with E-state index in [1.54, 1.807) is 12.1 Å². The molecule has 0 unspecified atom stereocenters. The molecule has 4 nitrogen and oxygen atoms in total. The van der Waals surface area contributed by atoms with Crippen molar-refractivity contribution in [3.05, 3.63) is 23.8 Å². The predicted octanol–water partition coefficient (Wildman–Crippen LogP) is 1.51. The van der Waals surface area contributed by atoms with E-state index in [-0.39, 0.29) is 18.1 Å². The zero-order valence-electron chi connectivity index (χ0n) is 8.82. The largest absolute Gasteiger partial charge is 0.504 e. The normalized spacial score (nSPS) is 9.73. The van der Waals surface area contributed by atoms with Gasteiger partial charge in [-0.05, 0) is 24.6 Å². The number of rotatable bonds is 4. The van der Waals surface area contributed by atoms with Crippen LogP contribution in [0.4, 0.5) is 0 Å². The fourth-order valence-electron chi connectivity index (χ4n) is 1.18. The van der Waals surface area contributed by atoms with Crippen LogP contribution in [-0.2, 0) is 16.0 Å². The highest BCUT2D eigenvalue weighted by Crippen LogP contribution is 2.26. The second-order valence-electron chi connectivity index (χ2n) is 2.99. The molecule has 0 atom stereocenters. The number of carbonyl (C=O) groups is 1. The van der Waals surface area contributed by atoms with Gasteiger partial charge in [-0.1, -0.05) is 6.07 Å². The van der Waals surface area contributed by atoms with Crippen molar-refractivity contribution in [1.29, 1.82) is 0 Å². The van der Waals surface area contributed by atoms with Crippen molar-refractivity contribution in [3.63, 3.8) is 0 Å². The third kappa shape index (κ3) is 3.16. The van der Waals surface area contributed by atoms with Crippen LogP contribution in [0.2, 0.25) is 0 Å². The molecule has 0 radical (unpaired) electrons. The van der Waals surface area contributed by atoms with Gasteiger partial charge in [-0.2, -0.15) is 0 Å². The molecule has 0 spiro atoms. The van der Waals surface area contributed by atoms with E-state index in [1.165, 1.54) is 13.2 Å². The third-order valence-electron chi connectivity index (χ3n) is 1.90. The molecule has 0 bridgehead atoms. The molecule has 0 aliphatic heterocycles. The van der Waals surface area contributed by atoms with Gasteiger partial charge in [-0.3, -0.25) is 4.79 Å². The Morgan fingerprint density at radius 1 is 1.47 bits per heavy atom. The maximum atomic E-state index is 11.0. The molecule has 0 saturated carbocycles. The molecule has 82 valence electrons. The third-order valence-corrected chi connectivity index (χ3v) is 1.90. The van der Waals surface area contributed by atoms with Gasteiger partial charge in [0.15, 0.2) is 11.5 Å². The molecular weight excluding hydrogens is 196 g/mol. The second kappa shape index (κ2) is 5.24. The molecule has 15 heavy (non-hydrogen) atoms. The average molecular weight is 210 g/mol. The number of benzene rings is 1. The Morgan fingerprint density at radius 2 is 2.20 bits per heavy atom. The number of methoxy groups -OCH3 is 1. The molecule has 0 fully saturated rings. The lowest BCUT2D eigenvalue weighted by Gasteiger charge is -2.07. The first-order valence-corrected chi connectivity index (χ1v) is 4.69. The van der Waals surface area contributed by atoms with Gasteiger partial charge in [-0.15, -0.1) is 0 Å². The molecule has 1 aromatic rings. The molecule has 0 amide bonds. The molecule has 1 rings (SSSR count). The number of hydrogen-bond donors (Lipinski definition) is 1. The van der Waals surface area contributed by atoms with E-state index in [1.807, 2.05) is 6.92 Å². The minimum atomic E-state index is -0.317. The van der Waals surface area contributed by atoms with Crippen LogP contribution < -0.4 is 4.74 Å². The van der Waals surface area contributed by atoms with Crippen molar-refractivity contribution in [2.45, 2.75) is 13.3 Å². The second-order valence-corrected chi connectivity index (χ2v) is 2.99. The first kappa shape index (κ1) is 11.4. The fraction of sp³-hybridized carbons (Fsp3) is 0.364. The number of phenols is 1. The molecule has 0 aliphatic rings. The summed E-state index contributed by atoms with van der Waals surface area (Å²) in [5.74, 6) is 0.146. The van der Waals surface area contributed by atoms with Gasteiger partial charge >= 0.3 is 5.97 Å². The van der Waals surface area contributed by atoms with Crippen molar-refractivity contribution in [2.75, 3.05) is 13.7 Å². The zero-order chi connectivity index (χ0) is 11.3. The van der Waals surface area contributed by atoms with E-state index in [0.29, 0.717) is 12.4 Å². The molecule has 1 N–H and O–H groups in total. The quantitative estimate of drug-likeness (QED) is 0.765. The smallest absolute Gasteiger partial charge is 0.309 e. The summed E-state index contributed by atoms with van der Waals surface area (Å²) in [7, 11) is 1.34. The molecule has 0 heterocycles. The van der Waals surface area contributed by atoms with Gasteiger partial charge in [0.2, 0.25) is 0 Å². The summed E-state index contributed by atoms with van der Waals surface area (Å²) in [4.78, 5) is 11.0. The van der Waals surface area contributed by atoms with Crippen LogP contribution in [0.1, 0.15) is 12.5 Å². The maximum Gasteiger partial charge on any atom is 0.309 e. The van der Waals surface area contributed by atoms with Crippen molar-refractivity contribution in [1.82, 2.24) is 0 Å². The summed E-state index contributed by atoms with van der Waals surface area (Å²) in [6.45, 7) is 2.29. The number of carbonyl (C=O) groups excluding carboxylic acids is 1. The Balaban J connectivity index is 2.82. The highest BCUT2D eigenvalue weighted by Gasteiger charge is 2.07. The summed E-state index contributed by atoms with van der Waals surface area (Å²) < 4.78 is 9.73. The molecule has 1 aromatic carbocycles. The van der Waals surface area contributed by atoms with Crippen LogP contribution in [0.15, 0.2) is 18.2 Å². The SMILES string of the molecule is CCOc1cc(CC(=O)OC)ccc1O. The number of esters is 1. The van der Waals surface area contributed by atoms with Gasteiger partial charge in [0.1, 0.15) is 0 Å². The van der Waals surface area contributed by atoms with Gasteiger partial charge in [0.25, 0.3) is 0 Å². The standard InChI is InChI=1S/C11H14O4/c1-3-15-10-6-8(4-5-9(10)12)7-11(13)14-2/h4-6,12H,3,7H2,1-2H3. The monoisotopic (exact) mass is 210 g/mol. The van der Waals surface area contributed by atoms with Crippen LogP contribution in [0, 0.1) is 0 Å². The van der Waals surface area contributed by atoms with E-state index < -0.39 is 0 Å². The highest BCUT2D eigenvalue weighted by atomic mass is 16.5. The molecule has 0 saturated heterocycles. The fourth-order valence-corrected chi connectivity index (χ4v) is 1.18. The summed E-state index contributed by atoms with van der Waals surface area (Å²) in [5.41, 5.74) is 0.753. The van der Waals surface area contributed by atoms with Gasteiger partial charge < -0.3 is 14.6 Å². The Morgan fingerprint density at radius 3 is 2.80 bits per heavy atom. The van der Waals surface area contributed by atoms with E-state index in [2.05, 4.69) is 4.74 Å². The summed E-state index contributed by atoms with van der Waals surface area (Å²) in [6, 6.07) is 4.80. The first-order valence-electron chi connectivity index (χ1n) is 4.69. The van der Waals surface area contributed by atoms with Crippen LogP contribution in [0.25, 0.3) is 0 Å². The Bertz CT molecular complexity index is 346. The summed E-state index contributed by atoms with van der Waals surface area (Å²) in [6.07, 6.45) is 0.177. The number of aromatic hydroxyl groups is 1. The van der Waals surface area contributed by atoms with E-state index in [0.717, 1.165) is 5.56 Å². The Kier molecular flexibility index (Phi) is 3.97. The Hall–Kier alpha value is -1.71. The van der Waals surface area contributed by atoms with Gasteiger partial charge in [0, 0.05) is 0 Å². The molecule has 0 aliphatic carbocycles. The van der Waals surface area contributed by atoms with Crippen molar-refractivity contribution in [2.24, 2.45) is 0 Å². The van der Waals surface area contributed by atoms with Gasteiger partial charge in [-0.25, -0.2) is 0 Å². The predicted molar refractivity (Wildman–Crippen MR) is 55.0 cm³/mol. The van der Waals surface area contributed by atoms with Crippen LogP contribution in [0.3, 0.4) is 0 Å². The molecule has 0 aromatic heterocycles. The lowest BCUT2D eigenvalue weighted by molar-refractivity contribution is -0.139. The average Bonchev–Trinajstić information content (AvgIpc) is 2.23. The van der Waals surface area contributed by atoms with E-state index >= 15 is 0 Å². The van der Waals surface area contributed by atoms with Crippen LogP contribution in [-0.4, -0.2) is 24.8 Å². The van der Waals surface area contributed by atoms with Crippen molar-refractivity contribution < 1.29 is 19.4 Å². The lowest BCUT2D eigenvalue weighted by Crippen LogP contribution is -2.04. The maximum absolute atomic E-state index is 11.0. The minimum absolute atomic E-state index is 0.0745. The van der Waals surface area contributed by atoms with Crippen molar-refractivity contribution >= 4 is 5.97 Å². The van der Waals surface area contributed by atoms with Crippen molar-refractivity contribution in [3.8, 4) is 11.5 Å². The Labute approximate surface area is 88.4 Å². The van der Waals surface area contributed by atoms with E-state index in [4.69, 9.17) is 4.74 Å². The number of hydrogen-bond acceptors (Lipinski definition) is 4. The first-order chi connectivity index (χ1) is 7.17. The number of ether oxygens (including phenoxy) is 2. The molecular formula is C11H14O4.